The predicted molar refractivity (Wildman–Crippen MR) is 64.7 cm³/mol. The van der Waals surface area contributed by atoms with Gasteiger partial charge in [0.1, 0.15) is 0 Å². The quantitative estimate of drug-likeness (QED) is 0.795. The Kier molecular flexibility index (Phi) is 3.59. The van der Waals surface area contributed by atoms with Crippen LogP contribution in [0.15, 0.2) is 10.5 Å². The molecule has 0 N–H and O–H groups in total. The van der Waals surface area contributed by atoms with Crippen LogP contribution in [0.4, 0.5) is 0 Å². The first-order chi connectivity index (χ1) is 7.16. The molecule has 4 heteroatoms. The largest absolute Gasteiger partial charge is 0.378 e. The number of carbonyl (C=O) groups excluding carboxylic acids is 1. The zero-order valence-corrected chi connectivity index (χ0v) is 11.0. The Bertz CT molecular complexity index is 367. The molecule has 0 spiro atoms. The number of ketones is 1. The smallest absolute Gasteiger partial charge is 0.176 e. The van der Waals surface area contributed by atoms with E-state index in [1.807, 2.05) is 13.0 Å². The van der Waals surface area contributed by atoms with Gasteiger partial charge in [0.2, 0.25) is 0 Å². The van der Waals surface area contributed by atoms with Gasteiger partial charge in [0.05, 0.1) is 11.0 Å². The molecule has 0 aromatic carbocycles. The minimum atomic E-state index is 0.145. The topological polar surface area (TPSA) is 26.3 Å². The van der Waals surface area contributed by atoms with Crippen molar-refractivity contribution in [3.63, 3.8) is 0 Å². The van der Waals surface area contributed by atoms with Gasteiger partial charge in [0.25, 0.3) is 0 Å². The van der Waals surface area contributed by atoms with Gasteiger partial charge in [0, 0.05) is 22.4 Å². The molecule has 1 fully saturated rings. The van der Waals surface area contributed by atoms with Crippen LogP contribution in [0.1, 0.15) is 33.8 Å². The monoisotopic (exact) mass is 288 g/mol. The first-order valence-corrected chi connectivity index (χ1v) is 6.68. The van der Waals surface area contributed by atoms with Crippen molar-refractivity contribution >= 4 is 33.0 Å². The maximum atomic E-state index is 11.9. The molecule has 1 aliphatic rings. The highest BCUT2D eigenvalue weighted by molar-refractivity contribution is 9.10. The lowest BCUT2D eigenvalue weighted by Crippen LogP contribution is -2.11. The van der Waals surface area contributed by atoms with Crippen LogP contribution < -0.4 is 0 Å². The Morgan fingerprint density at radius 1 is 1.73 bits per heavy atom. The normalized spacial score (nSPS) is 20.8. The summed E-state index contributed by atoms with van der Waals surface area (Å²) in [5, 5.41) is 0. The molecule has 1 saturated heterocycles. The van der Waals surface area contributed by atoms with Gasteiger partial charge in [-0.1, -0.05) is 0 Å². The highest BCUT2D eigenvalue weighted by Gasteiger charge is 2.22. The zero-order valence-electron chi connectivity index (χ0n) is 8.59. The van der Waals surface area contributed by atoms with Crippen molar-refractivity contribution in [2.45, 2.75) is 32.3 Å². The SMILES string of the molecule is Cc1cc(Br)c(C(=O)CC2CCCO2)s1. The van der Waals surface area contributed by atoms with Crippen LogP contribution in [0, 0.1) is 6.92 Å². The van der Waals surface area contributed by atoms with E-state index in [2.05, 4.69) is 15.9 Å². The van der Waals surface area contributed by atoms with Crippen molar-refractivity contribution in [3.05, 3.63) is 20.3 Å². The van der Waals surface area contributed by atoms with E-state index < -0.39 is 0 Å². The molecule has 0 aliphatic carbocycles. The first kappa shape index (κ1) is 11.3. The molecule has 0 bridgehead atoms. The van der Waals surface area contributed by atoms with Crippen molar-refractivity contribution < 1.29 is 9.53 Å². The fourth-order valence-electron chi connectivity index (χ4n) is 1.78. The Balaban J connectivity index is 2.03. The van der Waals surface area contributed by atoms with Crippen LogP contribution in [0.5, 0.6) is 0 Å². The first-order valence-electron chi connectivity index (χ1n) is 5.07. The number of hydrogen-bond acceptors (Lipinski definition) is 3. The number of thiophene rings is 1. The van der Waals surface area contributed by atoms with Crippen LogP contribution in [-0.4, -0.2) is 18.5 Å². The summed E-state index contributed by atoms with van der Waals surface area (Å²) in [4.78, 5) is 13.9. The lowest BCUT2D eigenvalue weighted by Gasteiger charge is -2.06. The van der Waals surface area contributed by atoms with Crippen molar-refractivity contribution in [2.75, 3.05) is 6.61 Å². The second-order valence-corrected chi connectivity index (χ2v) is 5.91. The predicted octanol–water partition coefficient (Wildman–Crippen LogP) is 3.57. The molecule has 0 saturated carbocycles. The van der Waals surface area contributed by atoms with Crippen LogP contribution in [0.2, 0.25) is 0 Å². The molecular formula is C11H13BrO2S. The molecule has 1 aromatic rings. The van der Waals surface area contributed by atoms with E-state index in [-0.39, 0.29) is 11.9 Å². The molecule has 1 atom stereocenters. The van der Waals surface area contributed by atoms with Crippen LogP contribution in [0.25, 0.3) is 0 Å². The van der Waals surface area contributed by atoms with Crippen molar-refractivity contribution in [1.82, 2.24) is 0 Å². The van der Waals surface area contributed by atoms with Gasteiger partial charge >= 0.3 is 0 Å². The molecule has 0 radical (unpaired) electrons. The second kappa shape index (κ2) is 4.76. The summed E-state index contributed by atoms with van der Waals surface area (Å²) in [6.45, 7) is 2.82. The summed E-state index contributed by atoms with van der Waals surface area (Å²) >= 11 is 4.97. The Labute approximate surface area is 102 Å². The molecule has 0 amide bonds. The third-order valence-corrected chi connectivity index (χ3v) is 4.48. The van der Waals surface area contributed by atoms with Gasteiger partial charge in [-0.3, -0.25) is 4.79 Å². The van der Waals surface area contributed by atoms with Crippen LogP contribution in [-0.2, 0) is 4.74 Å². The Morgan fingerprint density at radius 2 is 2.53 bits per heavy atom. The molecule has 2 rings (SSSR count). The number of hydrogen-bond donors (Lipinski definition) is 0. The molecule has 1 aliphatic heterocycles. The van der Waals surface area contributed by atoms with Crippen molar-refractivity contribution in [2.24, 2.45) is 0 Å². The minimum absolute atomic E-state index is 0.145. The maximum absolute atomic E-state index is 11.9. The van der Waals surface area contributed by atoms with Gasteiger partial charge in [-0.05, 0) is 41.8 Å². The van der Waals surface area contributed by atoms with Crippen molar-refractivity contribution in [1.29, 1.82) is 0 Å². The number of Topliss-reactive ketones (excluding diaryl/α,β-unsaturated/α-hetero) is 1. The van der Waals surface area contributed by atoms with Gasteiger partial charge in [-0.2, -0.15) is 0 Å². The highest BCUT2D eigenvalue weighted by atomic mass is 79.9. The van der Waals surface area contributed by atoms with E-state index in [9.17, 15) is 4.79 Å². The van der Waals surface area contributed by atoms with Gasteiger partial charge in [-0.15, -0.1) is 11.3 Å². The lowest BCUT2D eigenvalue weighted by molar-refractivity contribution is 0.0778. The van der Waals surface area contributed by atoms with E-state index in [0.29, 0.717) is 6.42 Å². The molecule has 2 nitrogen and oxygen atoms in total. The van der Waals surface area contributed by atoms with E-state index in [0.717, 1.165) is 33.7 Å². The van der Waals surface area contributed by atoms with Crippen LogP contribution >= 0.6 is 27.3 Å². The average molecular weight is 289 g/mol. The van der Waals surface area contributed by atoms with E-state index in [4.69, 9.17) is 4.74 Å². The van der Waals surface area contributed by atoms with E-state index >= 15 is 0 Å². The molecule has 15 heavy (non-hydrogen) atoms. The third kappa shape index (κ3) is 2.68. The van der Waals surface area contributed by atoms with Crippen molar-refractivity contribution in [3.8, 4) is 0 Å². The summed E-state index contributed by atoms with van der Waals surface area (Å²) in [6, 6.07) is 1.99. The number of rotatable bonds is 3. The van der Waals surface area contributed by atoms with Gasteiger partial charge < -0.3 is 4.74 Å². The zero-order chi connectivity index (χ0) is 10.8. The standard InChI is InChI=1S/C11H13BrO2S/c1-7-5-9(12)11(15-7)10(13)6-8-3-2-4-14-8/h5,8H,2-4,6H2,1H3. The Hall–Kier alpha value is -0.190. The summed E-state index contributed by atoms with van der Waals surface area (Å²) in [5.41, 5.74) is 0. The van der Waals surface area contributed by atoms with Crippen LogP contribution in [0.3, 0.4) is 0 Å². The molecule has 2 heterocycles. The third-order valence-electron chi connectivity index (χ3n) is 2.50. The summed E-state index contributed by atoms with van der Waals surface area (Å²) in [7, 11) is 0. The summed E-state index contributed by atoms with van der Waals surface area (Å²) < 4.78 is 6.38. The fourth-order valence-corrected chi connectivity index (χ4v) is 3.59. The summed E-state index contributed by atoms with van der Waals surface area (Å²) in [6.07, 6.45) is 2.78. The summed E-state index contributed by atoms with van der Waals surface area (Å²) in [5.74, 6) is 0.201. The van der Waals surface area contributed by atoms with Gasteiger partial charge in [0.15, 0.2) is 5.78 Å². The van der Waals surface area contributed by atoms with Gasteiger partial charge in [-0.25, -0.2) is 0 Å². The lowest BCUT2D eigenvalue weighted by atomic mass is 10.1. The number of halogens is 1. The maximum Gasteiger partial charge on any atom is 0.176 e. The van der Waals surface area contributed by atoms with E-state index in [1.54, 1.807) is 11.3 Å². The average Bonchev–Trinajstić information content (AvgIpc) is 2.75. The minimum Gasteiger partial charge on any atom is -0.378 e. The molecule has 1 aromatic heterocycles. The number of ether oxygens (including phenoxy) is 1. The molecule has 1 unspecified atom stereocenters. The molecular weight excluding hydrogens is 276 g/mol. The highest BCUT2D eigenvalue weighted by Crippen LogP contribution is 2.29. The second-order valence-electron chi connectivity index (χ2n) is 3.80. The number of aryl methyl sites for hydroxylation is 1. The molecule has 82 valence electrons. The Morgan fingerprint density at radius 3 is 3.07 bits per heavy atom. The number of carbonyl (C=O) groups is 1. The fraction of sp³-hybridized carbons (Fsp3) is 0.545. The van der Waals surface area contributed by atoms with E-state index in [1.165, 1.54) is 0 Å².